The van der Waals surface area contributed by atoms with Crippen molar-refractivity contribution in [1.29, 1.82) is 0 Å². The predicted molar refractivity (Wildman–Crippen MR) is 119 cm³/mol. The van der Waals surface area contributed by atoms with E-state index in [1.54, 1.807) is 24.6 Å². The van der Waals surface area contributed by atoms with Crippen LogP contribution in [0.5, 0.6) is 0 Å². The number of hydrogen-bond acceptors (Lipinski definition) is 4. The summed E-state index contributed by atoms with van der Waals surface area (Å²) in [5.41, 5.74) is 4.08. The van der Waals surface area contributed by atoms with Crippen molar-refractivity contribution in [3.8, 4) is 5.69 Å². The van der Waals surface area contributed by atoms with E-state index in [0.717, 1.165) is 30.9 Å². The topological polar surface area (TPSA) is 67.2 Å². The van der Waals surface area contributed by atoms with Gasteiger partial charge in [0.05, 0.1) is 22.6 Å². The third kappa shape index (κ3) is 4.66. The Hall–Kier alpha value is -3.25. The molecule has 0 radical (unpaired) electrons. The third-order valence-electron chi connectivity index (χ3n) is 5.21. The molecule has 0 fully saturated rings. The number of hydrogen-bond donors (Lipinski definition) is 1. The first-order valence-electron chi connectivity index (χ1n) is 10.2. The van der Waals surface area contributed by atoms with Crippen LogP contribution in [-0.4, -0.2) is 39.5 Å². The fourth-order valence-corrected chi connectivity index (χ4v) is 3.55. The second-order valence-electron chi connectivity index (χ2n) is 7.24. The van der Waals surface area contributed by atoms with Crippen molar-refractivity contribution in [1.82, 2.24) is 14.7 Å². The first-order valence-corrected chi connectivity index (χ1v) is 10.2. The first kappa shape index (κ1) is 21.5. The minimum atomic E-state index is -0.659. The fourth-order valence-electron chi connectivity index (χ4n) is 3.55. The average molecular weight is 405 g/mol. The van der Waals surface area contributed by atoms with E-state index in [1.807, 2.05) is 48.5 Å². The Bertz CT molecular complexity index is 1040. The number of benzene rings is 2. The van der Waals surface area contributed by atoms with Gasteiger partial charge in [0, 0.05) is 12.2 Å². The molecule has 0 saturated carbocycles. The van der Waals surface area contributed by atoms with E-state index in [9.17, 15) is 9.59 Å². The monoisotopic (exact) mass is 404 g/mol. The molecule has 1 heterocycles. The lowest BCUT2D eigenvalue weighted by Crippen LogP contribution is -2.24. The Morgan fingerprint density at radius 3 is 2.37 bits per heavy atom. The fraction of sp³-hybridized carbons (Fsp3) is 0.292. The summed E-state index contributed by atoms with van der Waals surface area (Å²) < 4.78 is 1.69. The molecule has 2 aromatic carbocycles. The molecule has 0 spiro atoms. The van der Waals surface area contributed by atoms with Crippen molar-refractivity contribution in [2.24, 2.45) is 0 Å². The highest BCUT2D eigenvalue weighted by atomic mass is 16.2. The van der Waals surface area contributed by atoms with Crippen LogP contribution in [-0.2, 0) is 11.3 Å². The van der Waals surface area contributed by atoms with E-state index in [-0.39, 0.29) is 0 Å². The Labute approximate surface area is 177 Å². The summed E-state index contributed by atoms with van der Waals surface area (Å²) in [5.74, 6) is -1.24. The van der Waals surface area contributed by atoms with Gasteiger partial charge >= 0.3 is 0 Å². The number of amides is 1. The Morgan fingerprint density at radius 1 is 1.00 bits per heavy atom. The smallest absolute Gasteiger partial charge is 0.296 e. The van der Waals surface area contributed by atoms with Gasteiger partial charge in [-0.25, -0.2) is 4.68 Å². The number of para-hydroxylation sites is 1. The molecule has 0 aliphatic heterocycles. The molecule has 6 heteroatoms. The lowest BCUT2D eigenvalue weighted by Gasteiger charge is -2.18. The summed E-state index contributed by atoms with van der Waals surface area (Å²) in [4.78, 5) is 27.9. The summed E-state index contributed by atoms with van der Waals surface area (Å²) in [6.45, 7) is 10.5. The second kappa shape index (κ2) is 9.50. The van der Waals surface area contributed by atoms with Crippen molar-refractivity contribution in [3.05, 3.63) is 77.1 Å². The van der Waals surface area contributed by atoms with Crippen molar-refractivity contribution >= 4 is 17.4 Å². The Balaban J connectivity index is 1.79. The van der Waals surface area contributed by atoms with E-state index in [4.69, 9.17) is 0 Å². The number of carbonyl (C=O) groups excluding carboxylic acids is 2. The van der Waals surface area contributed by atoms with Crippen molar-refractivity contribution < 1.29 is 9.59 Å². The van der Waals surface area contributed by atoms with Crippen LogP contribution < -0.4 is 5.32 Å². The molecular weight excluding hydrogens is 376 g/mol. The van der Waals surface area contributed by atoms with Crippen molar-refractivity contribution in [2.75, 3.05) is 18.4 Å². The highest BCUT2D eigenvalue weighted by Crippen LogP contribution is 2.20. The number of Topliss-reactive ketones (excluding diaryl/α,β-unsaturated/α-hetero) is 1. The van der Waals surface area contributed by atoms with Crippen LogP contribution in [0.25, 0.3) is 5.69 Å². The van der Waals surface area contributed by atoms with Crippen LogP contribution >= 0.6 is 0 Å². The van der Waals surface area contributed by atoms with Gasteiger partial charge in [0.2, 0.25) is 0 Å². The molecule has 0 aliphatic carbocycles. The standard InChI is InChI=1S/C24H28N4O2/c1-5-27(6-2)16-19-11-10-12-20(15-19)25-24(30)23(29)22-17(3)26-28(18(22)4)21-13-8-7-9-14-21/h7-15H,5-6,16H2,1-4H3,(H,25,30). The minimum absolute atomic E-state index is 0.343. The highest BCUT2D eigenvalue weighted by Gasteiger charge is 2.25. The summed E-state index contributed by atoms with van der Waals surface area (Å²) >= 11 is 0. The molecule has 156 valence electrons. The predicted octanol–water partition coefficient (Wildman–Crippen LogP) is 4.15. The van der Waals surface area contributed by atoms with Crippen LogP contribution in [0.4, 0.5) is 5.69 Å². The normalized spacial score (nSPS) is 11.0. The summed E-state index contributed by atoms with van der Waals surface area (Å²) in [6, 6.07) is 17.2. The van der Waals surface area contributed by atoms with Crippen LogP contribution in [0.2, 0.25) is 0 Å². The quantitative estimate of drug-likeness (QED) is 0.452. The molecule has 1 amide bonds. The third-order valence-corrected chi connectivity index (χ3v) is 5.21. The summed E-state index contributed by atoms with van der Waals surface area (Å²) in [5, 5.41) is 7.22. The largest absolute Gasteiger partial charge is 0.319 e. The first-order chi connectivity index (χ1) is 14.4. The number of aryl methyl sites for hydroxylation is 1. The maximum atomic E-state index is 12.9. The van der Waals surface area contributed by atoms with Crippen LogP contribution in [0.3, 0.4) is 0 Å². The van der Waals surface area contributed by atoms with E-state index in [0.29, 0.717) is 22.6 Å². The van der Waals surface area contributed by atoms with Crippen LogP contribution in [0, 0.1) is 13.8 Å². The molecular formula is C24H28N4O2. The van der Waals surface area contributed by atoms with Crippen LogP contribution in [0.1, 0.15) is 41.2 Å². The molecule has 0 unspecified atom stereocenters. The van der Waals surface area contributed by atoms with Crippen molar-refractivity contribution in [3.63, 3.8) is 0 Å². The van der Waals surface area contributed by atoms with E-state index in [1.165, 1.54) is 0 Å². The van der Waals surface area contributed by atoms with Gasteiger partial charge in [0.25, 0.3) is 11.7 Å². The number of nitrogens with one attached hydrogen (secondary N) is 1. The molecule has 3 aromatic rings. The number of aromatic nitrogens is 2. The van der Waals surface area contributed by atoms with Gasteiger partial charge in [-0.15, -0.1) is 0 Å². The van der Waals surface area contributed by atoms with Gasteiger partial charge in [-0.05, 0) is 56.8 Å². The molecule has 1 aromatic heterocycles. The number of rotatable bonds is 8. The molecule has 0 bridgehead atoms. The van der Waals surface area contributed by atoms with Gasteiger partial charge < -0.3 is 5.32 Å². The molecule has 0 aliphatic rings. The Kier molecular flexibility index (Phi) is 6.79. The summed E-state index contributed by atoms with van der Waals surface area (Å²) in [7, 11) is 0. The average Bonchev–Trinajstić information content (AvgIpc) is 3.06. The number of carbonyl (C=O) groups is 2. The van der Waals surface area contributed by atoms with Crippen molar-refractivity contribution in [2.45, 2.75) is 34.2 Å². The van der Waals surface area contributed by atoms with Gasteiger partial charge in [-0.2, -0.15) is 5.10 Å². The lowest BCUT2D eigenvalue weighted by molar-refractivity contribution is -0.112. The number of nitrogens with zero attached hydrogens (tertiary/aromatic N) is 3. The highest BCUT2D eigenvalue weighted by molar-refractivity contribution is 6.47. The maximum Gasteiger partial charge on any atom is 0.296 e. The summed E-state index contributed by atoms with van der Waals surface area (Å²) in [6.07, 6.45) is 0. The zero-order chi connectivity index (χ0) is 21.7. The number of anilines is 1. The minimum Gasteiger partial charge on any atom is -0.319 e. The van der Waals surface area contributed by atoms with E-state index < -0.39 is 11.7 Å². The second-order valence-corrected chi connectivity index (χ2v) is 7.24. The lowest BCUT2D eigenvalue weighted by atomic mass is 10.1. The SMILES string of the molecule is CCN(CC)Cc1cccc(NC(=O)C(=O)c2c(C)nn(-c3ccccc3)c2C)c1. The molecule has 6 nitrogen and oxygen atoms in total. The van der Waals surface area contributed by atoms with Crippen LogP contribution in [0.15, 0.2) is 54.6 Å². The molecule has 30 heavy (non-hydrogen) atoms. The van der Waals surface area contributed by atoms with Gasteiger partial charge in [0.1, 0.15) is 0 Å². The molecule has 0 atom stereocenters. The molecule has 3 rings (SSSR count). The Morgan fingerprint density at radius 2 is 1.70 bits per heavy atom. The number of ketones is 1. The van der Waals surface area contributed by atoms with Gasteiger partial charge in [-0.3, -0.25) is 14.5 Å². The van der Waals surface area contributed by atoms with E-state index in [2.05, 4.69) is 29.2 Å². The molecule has 0 saturated heterocycles. The molecule has 1 N–H and O–H groups in total. The zero-order valence-corrected chi connectivity index (χ0v) is 18.0. The maximum absolute atomic E-state index is 12.9. The van der Waals surface area contributed by atoms with Gasteiger partial charge in [0.15, 0.2) is 0 Å². The van der Waals surface area contributed by atoms with Gasteiger partial charge in [-0.1, -0.05) is 44.2 Å². The van der Waals surface area contributed by atoms with E-state index >= 15 is 0 Å². The zero-order valence-electron chi connectivity index (χ0n) is 18.0.